The van der Waals surface area contributed by atoms with Crippen LogP contribution in [-0.2, 0) is 25.5 Å². The zero-order valence-electron chi connectivity index (χ0n) is 17.1. The molecule has 2 aromatic carbocycles. The molecular weight excluding hydrogens is 386 g/mol. The molecule has 2 aromatic rings. The zero-order valence-corrected chi connectivity index (χ0v) is 17.1. The van der Waals surface area contributed by atoms with Crippen LogP contribution in [0.5, 0.6) is 0 Å². The van der Waals surface area contributed by atoms with Gasteiger partial charge in [-0.1, -0.05) is 54.6 Å². The van der Waals surface area contributed by atoms with Crippen LogP contribution in [0.2, 0.25) is 0 Å². The smallest absolute Gasteiger partial charge is 0.394 e. The van der Waals surface area contributed by atoms with Crippen LogP contribution in [0.3, 0.4) is 0 Å². The maximum Gasteiger partial charge on any atom is 0.394 e. The molecule has 0 aromatic heterocycles. The number of ether oxygens (including phenoxy) is 1. The maximum absolute atomic E-state index is 12.3. The van der Waals surface area contributed by atoms with Crippen molar-refractivity contribution < 1.29 is 29.3 Å². The Morgan fingerprint density at radius 1 is 1.03 bits per heavy atom. The third-order valence-corrected chi connectivity index (χ3v) is 4.89. The second-order valence-corrected chi connectivity index (χ2v) is 7.39. The van der Waals surface area contributed by atoms with Crippen molar-refractivity contribution in [3.63, 3.8) is 0 Å². The van der Waals surface area contributed by atoms with Crippen LogP contribution in [0.15, 0.2) is 54.6 Å². The first-order chi connectivity index (χ1) is 14.3. The quantitative estimate of drug-likeness (QED) is 0.430. The molecule has 0 aliphatic rings. The summed E-state index contributed by atoms with van der Waals surface area (Å²) in [5.74, 6) is -3.37. The summed E-state index contributed by atoms with van der Waals surface area (Å²) in [6.45, 7) is 2.86. The molecule has 0 spiro atoms. The molecule has 30 heavy (non-hydrogen) atoms. The molecule has 0 saturated carbocycles. The summed E-state index contributed by atoms with van der Waals surface area (Å²) in [6.07, 6.45) is 0.324. The fourth-order valence-electron chi connectivity index (χ4n) is 3.23. The maximum atomic E-state index is 12.3. The third kappa shape index (κ3) is 6.15. The summed E-state index contributed by atoms with van der Waals surface area (Å²) in [5, 5.41) is 21.2. The van der Waals surface area contributed by atoms with E-state index in [9.17, 15) is 19.5 Å². The van der Waals surface area contributed by atoms with Gasteiger partial charge in [-0.2, -0.15) is 0 Å². The standard InChI is InChI=1S/C23H27NO6/c1-3-30-22(29)23(2,15-25)14-19(24-20(26)21(27)28)13-16-9-11-18(12-10-16)17-7-5-4-6-8-17/h4-12,19,25H,3,13-15H2,1-2H3,(H,24,26)(H,27,28)/t19-,23?/m1/s1. The Morgan fingerprint density at radius 3 is 2.17 bits per heavy atom. The van der Waals surface area contributed by atoms with Crippen LogP contribution in [0, 0.1) is 5.41 Å². The fraction of sp³-hybridized carbons (Fsp3) is 0.348. The SMILES string of the molecule is CCOC(=O)C(C)(CO)C[C@@H](Cc1ccc(-c2ccccc2)cc1)NC(=O)C(=O)O. The predicted octanol–water partition coefficient (Wildman–Crippen LogP) is 2.42. The highest BCUT2D eigenvalue weighted by Crippen LogP contribution is 2.27. The number of carbonyl (C=O) groups excluding carboxylic acids is 2. The number of aliphatic carboxylic acids is 1. The number of hydrogen-bond acceptors (Lipinski definition) is 5. The minimum absolute atomic E-state index is 0.0296. The van der Waals surface area contributed by atoms with E-state index in [1.54, 1.807) is 6.92 Å². The van der Waals surface area contributed by atoms with Gasteiger partial charge in [-0.3, -0.25) is 9.59 Å². The van der Waals surface area contributed by atoms with Gasteiger partial charge < -0.3 is 20.3 Å². The Bertz CT molecular complexity index is 865. The number of benzene rings is 2. The van der Waals surface area contributed by atoms with Crippen molar-refractivity contribution in [2.75, 3.05) is 13.2 Å². The van der Waals surface area contributed by atoms with E-state index in [4.69, 9.17) is 9.84 Å². The molecule has 160 valence electrons. The number of aliphatic hydroxyl groups is 1. The highest BCUT2D eigenvalue weighted by atomic mass is 16.5. The average molecular weight is 413 g/mol. The molecule has 0 saturated heterocycles. The van der Waals surface area contributed by atoms with Gasteiger partial charge in [0.05, 0.1) is 18.6 Å². The van der Waals surface area contributed by atoms with Gasteiger partial charge in [0.15, 0.2) is 0 Å². The third-order valence-electron chi connectivity index (χ3n) is 4.89. The molecule has 2 atom stereocenters. The number of rotatable bonds is 9. The van der Waals surface area contributed by atoms with Crippen LogP contribution in [0.25, 0.3) is 11.1 Å². The van der Waals surface area contributed by atoms with Gasteiger partial charge >= 0.3 is 17.8 Å². The highest BCUT2D eigenvalue weighted by molar-refractivity contribution is 6.31. The largest absolute Gasteiger partial charge is 0.474 e. The van der Waals surface area contributed by atoms with Crippen molar-refractivity contribution >= 4 is 17.8 Å². The van der Waals surface area contributed by atoms with Gasteiger partial charge in [0.1, 0.15) is 0 Å². The van der Waals surface area contributed by atoms with Gasteiger partial charge in [0.2, 0.25) is 0 Å². The number of nitrogens with one attached hydrogen (secondary N) is 1. The summed E-state index contributed by atoms with van der Waals surface area (Å²) in [5.41, 5.74) is 1.68. The Balaban J connectivity index is 2.21. The summed E-state index contributed by atoms with van der Waals surface area (Å²) >= 11 is 0. The lowest BCUT2D eigenvalue weighted by Crippen LogP contribution is -2.46. The van der Waals surface area contributed by atoms with Gasteiger partial charge in [0.25, 0.3) is 0 Å². The van der Waals surface area contributed by atoms with Gasteiger partial charge in [-0.25, -0.2) is 4.79 Å². The second kappa shape index (κ2) is 10.5. The molecule has 3 N–H and O–H groups in total. The van der Waals surface area contributed by atoms with Crippen LogP contribution in [0.1, 0.15) is 25.8 Å². The summed E-state index contributed by atoms with van der Waals surface area (Å²) in [4.78, 5) is 35.1. The molecule has 0 aliphatic heterocycles. The van der Waals surface area contributed by atoms with Crippen LogP contribution in [-0.4, -0.2) is 47.3 Å². The minimum atomic E-state index is -1.61. The normalized spacial score (nSPS) is 13.7. The molecule has 0 heterocycles. The first-order valence-electron chi connectivity index (χ1n) is 9.75. The van der Waals surface area contributed by atoms with E-state index in [1.165, 1.54) is 6.92 Å². The number of aliphatic hydroxyl groups excluding tert-OH is 1. The van der Waals surface area contributed by atoms with E-state index in [-0.39, 0.29) is 13.0 Å². The molecule has 2 rings (SSSR count). The summed E-state index contributed by atoms with van der Waals surface area (Å²) in [6, 6.07) is 16.8. The molecule has 7 heteroatoms. The van der Waals surface area contributed by atoms with Crippen molar-refractivity contribution in [1.82, 2.24) is 5.32 Å². The molecule has 0 radical (unpaired) electrons. The van der Waals surface area contributed by atoms with Crippen molar-refractivity contribution in [2.24, 2.45) is 5.41 Å². The topological polar surface area (TPSA) is 113 Å². The first kappa shape index (κ1) is 23.1. The lowest BCUT2D eigenvalue weighted by molar-refractivity contribution is -0.158. The number of esters is 1. The lowest BCUT2D eigenvalue weighted by atomic mass is 9.82. The monoisotopic (exact) mass is 413 g/mol. The zero-order chi connectivity index (χ0) is 22.1. The number of amides is 1. The highest BCUT2D eigenvalue weighted by Gasteiger charge is 2.37. The van der Waals surface area contributed by atoms with Crippen molar-refractivity contribution in [3.8, 4) is 11.1 Å². The van der Waals surface area contributed by atoms with Crippen LogP contribution in [0.4, 0.5) is 0 Å². The second-order valence-electron chi connectivity index (χ2n) is 7.39. The number of hydrogen-bond donors (Lipinski definition) is 3. The molecule has 7 nitrogen and oxygen atoms in total. The van der Waals surface area contributed by atoms with Crippen molar-refractivity contribution in [3.05, 3.63) is 60.2 Å². The molecule has 0 bridgehead atoms. The van der Waals surface area contributed by atoms with Gasteiger partial charge in [-0.15, -0.1) is 0 Å². The molecule has 0 aliphatic carbocycles. The Kier molecular flexibility index (Phi) is 8.12. The van der Waals surface area contributed by atoms with E-state index < -0.39 is 35.9 Å². The lowest BCUT2D eigenvalue weighted by Gasteiger charge is -2.30. The van der Waals surface area contributed by atoms with E-state index >= 15 is 0 Å². The Labute approximate surface area is 175 Å². The minimum Gasteiger partial charge on any atom is -0.474 e. The van der Waals surface area contributed by atoms with Crippen LogP contribution < -0.4 is 5.32 Å². The molecule has 0 fully saturated rings. The van der Waals surface area contributed by atoms with E-state index in [2.05, 4.69) is 5.32 Å². The van der Waals surface area contributed by atoms with Crippen molar-refractivity contribution in [2.45, 2.75) is 32.7 Å². The summed E-state index contributed by atoms with van der Waals surface area (Å²) in [7, 11) is 0. The van der Waals surface area contributed by atoms with E-state index in [0.717, 1.165) is 16.7 Å². The summed E-state index contributed by atoms with van der Waals surface area (Å²) < 4.78 is 5.04. The predicted molar refractivity (Wildman–Crippen MR) is 112 cm³/mol. The van der Waals surface area contributed by atoms with E-state index in [0.29, 0.717) is 6.42 Å². The number of carbonyl (C=O) groups is 3. The number of carboxylic acid groups (broad SMARTS) is 1. The van der Waals surface area contributed by atoms with Crippen molar-refractivity contribution in [1.29, 1.82) is 0 Å². The molecule has 1 unspecified atom stereocenters. The van der Waals surface area contributed by atoms with Gasteiger partial charge in [-0.05, 0) is 43.4 Å². The Morgan fingerprint density at radius 2 is 1.63 bits per heavy atom. The Hall–Kier alpha value is -3.19. The molecule has 1 amide bonds. The first-order valence-corrected chi connectivity index (χ1v) is 9.75. The van der Waals surface area contributed by atoms with Crippen LogP contribution >= 0.6 is 0 Å². The average Bonchev–Trinajstić information content (AvgIpc) is 2.74. The van der Waals surface area contributed by atoms with Gasteiger partial charge in [0, 0.05) is 6.04 Å². The fourth-order valence-corrected chi connectivity index (χ4v) is 3.23. The van der Waals surface area contributed by atoms with E-state index in [1.807, 2.05) is 54.6 Å². The number of carboxylic acids is 1. The molecular formula is C23H27NO6.